The molecule has 0 bridgehead atoms. The first-order valence-electron chi connectivity index (χ1n) is 10.9. The molecule has 2 aromatic carbocycles. The van der Waals surface area contributed by atoms with Crippen LogP contribution in [0.2, 0.25) is 0 Å². The number of pyridine rings is 1. The van der Waals surface area contributed by atoms with E-state index in [4.69, 9.17) is 4.74 Å². The number of carbonyl (C=O) groups is 3. The molecular formula is C25H23N5O5. The molecule has 0 spiro atoms. The van der Waals surface area contributed by atoms with Crippen molar-refractivity contribution in [2.24, 2.45) is 0 Å². The van der Waals surface area contributed by atoms with Gasteiger partial charge in [-0.2, -0.15) is 0 Å². The van der Waals surface area contributed by atoms with E-state index < -0.39 is 17.6 Å². The normalized spacial score (nSPS) is 10.7. The molecule has 0 unspecified atom stereocenters. The molecule has 0 fully saturated rings. The number of rotatable bonds is 7. The number of benzene rings is 2. The number of anilines is 2. The average Bonchev–Trinajstić information content (AvgIpc) is 3.15. The minimum absolute atomic E-state index is 0.238. The molecule has 2 N–H and O–H groups in total. The Morgan fingerprint density at radius 1 is 0.943 bits per heavy atom. The Balaban J connectivity index is 1.48. The lowest BCUT2D eigenvalue weighted by molar-refractivity contribution is -0.117. The number of esters is 1. The van der Waals surface area contributed by atoms with Crippen LogP contribution in [0.5, 0.6) is 0 Å². The lowest BCUT2D eigenvalue weighted by atomic mass is 10.2. The van der Waals surface area contributed by atoms with Gasteiger partial charge in [0.2, 0.25) is 5.91 Å². The topological polar surface area (TPSA) is 124 Å². The first-order chi connectivity index (χ1) is 16.8. The summed E-state index contributed by atoms with van der Waals surface area (Å²) in [6, 6.07) is 16.7. The van der Waals surface area contributed by atoms with Gasteiger partial charge in [0.15, 0.2) is 5.65 Å². The van der Waals surface area contributed by atoms with E-state index in [-0.39, 0.29) is 24.6 Å². The minimum Gasteiger partial charge on any atom is -0.462 e. The summed E-state index contributed by atoms with van der Waals surface area (Å²) in [5.74, 6) is -1.38. The van der Waals surface area contributed by atoms with Crippen molar-refractivity contribution in [3.63, 3.8) is 0 Å². The van der Waals surface area contributed by atoms with Crippen molar-refractivity contribution >= 4 is 34.8 Å². The maximum atomic E-state index is 12.8. The molecule has 0 saturated carbocycles. The van der Waals surface area contributed by atoms with Crippen LogP contribution in [0.15, 0.2) is 71.7 Å². The molecule has 2 heterocycles. The third-order valence-corrected chi connectivity index (χ3v) is 5.10. The van der Waals surface area contributed by atoms with Crippen molar-refractivity contribution in [1.82, 2.24) is 14.2 Å². The zero-order valence-electron chi connectivity index (χ0n) is 19.1. The van der Waals surface area contributed by atoms with E-state index in [1.165, 1.54) is 22.7 Å². The maximum Gasteiger partial charge on any atom is 0.350 e. The molecule has 178 valence electrons. The summed E-state index contributed by atoms with van der Waals surface area (Å²) >= 11 is 0. The van der Waals surface area contributed by atoms with Gasteiger partial charge in [0.1, 0.15) is 6.54 Å². The number of aromatic nitrogens is 3. The van der Waals surface area contributed by atoms with Gasteiger partial charge in [-0.05, 0) is 56.3 Å². The molecule has 0 aliphatic rings. The number of amides is 2. The molecule has 0 saturated heterocycles. The van der Waals surface area contributed by atoms with Crippen molar-refractivity contribution in [2.75, 3.05) is 17.2 Å². The third-order valence-electron chi connectivity index (χ3n) is 5.10. The van der Waals surface area contributed by atoms with Crippen LogP contribution in [0.3, 0.4) is 0 Å². The largest absolute Gasteiger partial charge is 0.462 e. The van der Waals surface area contributed by atoms with E-state index in [1.54, 1.807) is 43.3 Å². The Kier molecular flexibility index (Phi) is 6.72. The summed E-state index contributed by atoms with van der Waals surface area (Å²) in [4.78, 5) is 49.8. The van der Waals surface area contributed by atoms with Crippen LogP contribution in [-0.2, 0) is 16.1 Å². The van der Waals surface area contributed by atoms with E-state index in [1.807, 2.05) is 19.1 Å². The second kappa shape index (κ2) is 10.0. The first-order valence-corrected chi connectivity index (χ1v) is 10.9. The maximum absolute atomic E-state index is 12.8. The van der Waals surface area contributed by atoms with Gasteiger partial charge in [-0.1, -0.05) is 23.8 Å². The highest BCUT2D eigenvalue weighted by molar-refractivity contribution is 6.04. The van der Waals surface area contributed by atoms with Crippen LogP contribution in [0.4, 0.5) is 11.4 Å². The molecule has 35 heavy (non-hydrogen) atoms. The van der Waals surface area contributed by atoms with Crippen molar-refractivity contribution in [2.45, 2.75) is 20.4 Å². The number of hydrogen-bond donors (Lipinski definition) is 2. The van der Waals surface area contributed by atoms with Crippen LogP contribution in [0.25, 0.3) is 5.65 Å². The summed E-state index contributed by atoms with van der Waals surface area (Å²) < 4.78 is 7.17. The van der Waals surface area contributed by atoms with Gasteiger partial charge in [-0.25, -0.2) is 18.7 Å². The number of hydrogen-bond acceptors (Lipinski definition) is 6. The first kappa shape index (κ1) is 23.4. The van der Waals surface area contributed by atoms with Crippen molar-refractivity contribution in [3.05, 3.63) is 94.0 Å². The number of nitrogens with zero attached hydrogens (tertiary/aromatic N) is 3. The molecule has 0 radical (unpaired) electrons. The Bertz CT molecular complexity index is 1470. The number of ether oxygens (including phenoxy) is 1. The highest BCUT2D eigenvalue weighted by Crippen LogP contribution is 2.13. The Morgan fingerprint density at radius 3 is 2.46 bits per heavy atom. The van der Waals surface area contributed by atoms with Crippen LogP contribution in [-0.4, -0.2) is 38.6 Å². The van der Waals surface area contributed by atoms with Gasteiger partial charge in [-0.15, -0.1) is 5.10 Å². The predicted octanol–water partition coefficient (Wildman–Crippen LogP) is 2.87. The van der Waals surface area contributed by atoms with E-state index >= 15 is 0 Å². The van der Waals surface area contributed by atoms with Crippen LogP contribution >= 0.6 is 0 Å². The average molecular weight is 473 g/mol. The monoisotopic (exact) mass is 473 g/mol. The Morgan fingerprint density at radius 2 is 1.71 bits per heavy atom. The molecule has 10 nitrogen and oxygen atoms in total. The standard InChI is InChI=1S/C25H23N5O5/c1-3-35-24(33)17-5-4-6-20(13-17)26-22(31)15-30-25(34)29-14-18(9-12-21(29)28-30)23(32)27-19-10-7-16(2)8-11-19/h4-14H,3,15H2,1-2H3,(H,26,31)(H,27,32). The second-order valence-corrected chi connectivity index (χ2v) is 7.76. The van der Waals surface area contributed by atoms with Crippen molar-refractivity contribution in [1.29, 1.82) is 0 Å². The fourth-order valence-corrected chi connectivity index (χ4v) is 3.37. The van der Waals surface area contributed by atoms with Gasteiger partial charge in [0.25, 0.3) is 5.91 Å². The quantitative estimate of drug-likeness (QED) is 0.398. The fourth-order valence-electron chi connectivity index (χ4n) is 3.37. The van der Waals surface area contributed by atoms with Crippen LogP contribution in [0.1, 0.15) is 33.2 Å². The Labute approximate surface area is 200 Å². The molecule has 4 rings (SSSR count). The molecule has 0 atom stereocenters. The number of aryl methyl sites for hydroxylation is 1. The van der Waals surface area contributed by atoms with Gasteiger partial charge < -0.3 is 15.4 Å². The minimum atomic E-state index is -0.569. The zero-order chi connectivity index (χ0) is 24.9. The highest BCUT2D eigenvalue weighted by Gasteiger charge is 2.15. The lowest BCUT2D eigenvalue weighted by Gasteiger charge is -2.07. The summed E-state index contributed by atoms with van der Waals surface area (Å²) in [5.41, 5.74) is 2.37. The molecule has 4 aromatic rings. The SMILES string of the molecule is CCOC(=O)c1cccc(NC(=O)Cn2nc3ccc(C(=O)Nc4ccc(C)cc4)cn3c2=O)c1. The van der Waals surface area contributed by atoms with Crippen LogP contribution in [0, 0.1) is 6.92 Å². The molecule has 2 aromatic heterocycles. The van der Waals surface area contributed by atoms with Gasteiger partial charge >= 0.3 is 11.7 Å². The third kappa shape index (κ3) is 5.44. The van der Waals surface area contributed by atoms with Crippen molar-refractivity contribution in [3.8, 4) is 0 Å². The smallest absolute Gasteiger partial charge is 0.350 e. The summed E-state index contributed by atoms with van der Waals surface area (Å²) in [6.07, 6.45) is 1.38. The fraction of sp³-hybridized carbons (Fsp3) is 0.160. The summed E-state index contributed by atoms with van der Waals surface area (Å²) in [6.45, 7) is 3.54. The van der Waals surface area contributed by atoms with Gasteiger partial charge in [0.05, 0.1) is 17.7 Å². The number of fused-ring (bicyclic) bond motifs is 1. The van der Waals surface area contributed by atoms with E-state index in [9.17, 15) is 19.2 Å². The molecule has 10 heteroatoms. The van der Waals surface area contributed by atoms with E-state index in [2.05, 4.69) is 15.7 Å². The molecular weight excluding hydrogens is 450 g/mol. The number of carbonyl (C=O) groups excluding carboxylic acids is 3. The number of nitrogens with one attached hydrogen (secondary N) is 2. The lowest BCUT2D eigenvalue weighted by Crippen LogP contribution is -2.28. The van der Waals surface area contributed by atoms with E-state index in [0.717, 1.165) is 10.2 Å². The second-order valence-electron chi connectivity index (χ2n) is 7.76. The summed E-state index contributed by atoms with van der Waals surface area (Å²) in [5, 5.41) is 9.58. The van der Waals surface area contributed by atoms with Gasteiger partial charge in [-0.3, -0.25) is 9.59 Å². The summed E-state index contributed by atoms with van der Waals surface area (Å²) in [7, 11) is 0. The predicted molar refractivity (Wildman–Crippen MR) is 130 cm³/mol. The molecule has 2 amide bonds. The molecule has 0 aliphatic carbocycles. The zero-order valence-corrected chi connectivity index (χ0v) is 19.1. The van der Waals surface area contributed by atoms with E-state index in [0.29, 0.717) is 22.6 Å². The van der Waals surface area contributed by atoms with Gasteiger partial charge in [0, 0.05) is 17.6 Å². The van der Waals surface area contributed by atoms with Crippen LogP contribution < -0.4 is 16.3 Å². The highest BCUT2D eigenvalue weighted by atomic mass is 16.5. The van der Waals surface area contributed by atoms with Crippen molar-refractivity contribution < 1.29 is 19.1 Å². The molecule has 0 aliphatic heterocycles. The Hall–Kier alpha value is -4.73.